The number of amides is 1. The van der Waals surface area contributed by atoms with E-state index in [4.69, 9.17) is 4.74 Å². The molecule has 0 saturated carbocycles. The average molecular weight is 298 g/mol. The topological polar surface area (TPSA) is 62.4 Å². The molecule has 1 aromatic carbocycles. The van der Waals surface area contributed by atoms with Gasteiger partial charge in [-0.15, -0.1) is 0 Å². The maximum Gasteiger partial charge on any atom is 0.255 e. The zero-order valence-corrected chi connectivity index (χ0v) is 12.4. The maximum atomic E-state index is 12.6. The molecule has 1 aliphatic heterocycles. The Morgan fingerprint density at radius 3 is 2.64 bits per heavy atom. The Hall–Kier alpha value is -2.40. The van der Waals surface area contributed by atoms with Gasteiger partial charge in [-0.3, -0.25) is 9.59 Å². The third kappa shape index (κ3) is 3.09. The molecule has 1 saturated heterocycles. The van der Waals surface area contributed by atoms with Crippen molar-refractivity contribution in [3.05, 3.63) is 70.1 Å². The van der Waals surface area contributed by atoms with Gasteiger partial charge in [-0.2, -0.15) is 0 Å². The Balaban J connectivity index is 1.80. The van der Waals surface area contributed by atoms with Gasteiger partial charge in [-0.1, -0.05) is 30.3 Å². The van der Waals surface area contributed by atoms with Gasteiger partial charge in [0.2, 0.25) is 5.56 Å². The van der Waals surface area contributed by atoms with Crippen LogP contribution in [-0.4, -0.2) is 35.0 Å². The number of carbonyl (C=O) groups excluding carboxylic acids is 1. The first-order valence-electron chi connectivity index (χ1n) is 7.32. The van der Waals surface area contributed by atoms with Gasteiger partial charge in [-0.25, -0.2) is 0 Å². The molecular weight excluding hydrogens is 280 g/mol. The predicted octanol–water partition coefficient (Wildman–Crippen LogP) is 1.98. The third-order valence-electron chi connectivity index (χ3n) is 3.75. The second-order valence-corrected chi connectivity index (χ2v) is 5.50. The third-order valence-corrected chi connectivity index (χ3v) is 3.75. The minimum absolute atomic E-state index is 0.0364. The van der Waals surface area contributed by atoms with E-state index in [1.165, 1.54) is 12.3 Å². The minimum Gasteiger partial charge on any atom is -0.367 e. The minimum atomic E-state index is -0.214. The lowest BCUT2D eigenvalue weighted by Crippen LogP contribution is -2.46. The Bertz CT molecular complexity index is 691. The molecule has 1 aliphatic rings. The quantitative estimate of drug-likeness (QED) is 0.922. The molecule has 1 amide bonds. The largest absolute Gasteiger partial charge is 0.367 e. The van der Waals surface area contributed by atoms with Crippen molar-refractivity contribution < 1.29 is 9.53 Å². The van der Waals surface area contributed by atoms with Crippen molar-refractivity contribution in [3.63, 3.8) is 0 Å². The maximum absolute atomic E-state index is 12.6. The standard InChI is InChI=1S/C17H18N2O3/c1-12-10-19(17(21)14-7-8-16(20)18-9-14)11-15(22-12)13-5-3-2-4-6-13/h2-9,12,15H,10-11H2,1H3,(H,18,20)/t12-,15-/m0/s1. The molecule has 2 atom stereocenters. The Morgan fingerprint density at radius 2 is 1.95 bits per heavy atom. The fourth-order valence-electron chi connectivity index (χ4n) is 2.70. The number of nitrogens with zero attached hydrogens (tertiary/aromatic N) is 1. The van der Waals surface area contributed by atoms with Gasteiger partial charge in [-0.05, 0) is 18.6 Å². The molecule has 114 valence electrons. The number of hydrogen-bond donors (Lipinski definition) is 1. The molecule has 0 unspecified atom stereocenters. The first-order valence-corrected chi connectivity index (χ1v) is 7.32. The van der Waals surface area contributed by atoms with E-state index in [0.29, 0.717) is 18.7 Å². The molecule has 3 rings (SSSR count). The van der Waals surface area contributed by atoms with Gasteiger partial charge in [0.15, 0.2) is 0 Å². The Kier molecular flexibility index (Phi) is 4.06. The van der Waals surface area contributed by atoms with Gasteiger partial charge in [0.25, 0.3) is 5.91 Å². The number of ether oxygens (including phenoxy) is 1. The van der Waals surface area contributed by atoms with Crippen LogP contribution in [0.3, 0.4) is 0 Å². The Labute approximate surface area is 128 Å². The second kappa shape index (κ2) is 6.15. The molecule has 0 bridgehead atoms. The summed E-state index contributed by atoms with van der Waals surface area (Å²) in [5.41, 5.74) is 1.34. The van der Waals surface area contributed by atoms with Gasteiger partial charge < -0.3 is 14.6 Å². The van der Waals surface area contributed by atoms with Crippen molar-refractivity contribution in [1.29, 1.82) is 0 Å². The number of carbonyl (C=O) groups is 1. The summed E-state index contributed by atoms with van der Waals surface area (Å²) in [5, 5.41) is 0. The summed E-state index contributed by atoms with van der Waals surface area (Å²) in [5.74, 6) is -0.0904. The number of nitrogens with one attached hydrogen (secondary N) is 1. The van der Waals surface area contributed by atoms with Gasteiger partial charge >= 0.3 is 0 Å². The summed E-state index contributed by atoms with van der Waals surface area (Å²) < 4.78 is 5.96. The lowest BCUT2D eigenvalue weighted by atomic mass is 10.1. The zero-order valence-electron chi connectivity index (χ0n) is 12.4. The van der Waals surface area contributed by atoms with Crippen molar-refractivity contribution >= 4 is 5.91 Å². The van der Waals surface area contributed by atoms with E-state index in [0.717, 1.165) is 5.56 Å². The van der Waals surface area contributed by atoms with Crippen LogP contribution >= 0.6 is 0 Å². The molecule has 5 heteroatoms. The van der Waals surface area contributed by atoms with Crippen LogP contribution in [0.4, 0.5) is 0 Å². The summed E-state index contributed by atoms with van der Waals surface area (Å²) in [4.78, 5) is 28.0. The van der Waals surface area contributed by atoms with Crippen LogP contribution in [0, 0.1) is 0 Å². The van der Waals surface area contributed by atoms with E-state index in [1.54, 1.807) is 11.0 Å². The van der Waals surface area contributed by atoms with Crippen LogP contribution in [0.1, 0.15) is 28.9 Å². The lowest BCUT2D eigenvalue weighted by molar-refractivity contribution is -0.0691. The second-order valence-electron chi connectivity index (χ2n) is 5.50. The molecule has 2 heterocycles. The number of pyridine rings is 1. The van der Waals surface area contributed by atoms with Crippen LogP contribution in [0.15, 0.2) is 53.5 Å². The van der Waals surface area contributed by atoms with E-state index in [1.807, 2.05) is 37.3 Å². The van der Waals surface area contributed by atoms with Gasteiger partial charge in [0.1, 0.15) is 6.10 Å². The van der Waals surface area contributed by atoms with E-state index in [2.05, 4.69) is 4.98 Å². The monoisotopic (exact) mass is 298 g/mol. The molecule has 0 aliphatic carbocycles. The molecule has 0 radical (unpaired) electrons. The molecule has 1 aromatic heterocycles. The van der Waals surface area contributed by atoms with Gasteiger partial charge in [0, 0.05) is 18.8 Å². The van der Waals surface area contributed by atoms with Crippen molar-refractivity contribution in [2.75, 3.05) is 13.1 Å². The van der Waals surface area contributed by atoms with Crippen LogP contribution in [0.2, 0.25) is 0 Å². The highest BCUT2D eigenvalue weighted by Crippen LogP contribution is 2.25. The SMILES string of the molecule is C[C@H]1CN(C(=O)c2ccc(=O)[nH]c2)C[C@@H](c2ccccc2)O1. The highest BCUT2D eigenvalue weighted by Gasteiger charge is 2.29. The summed E-state index contributed by atoms with van der Waals surface area (Å²) in [6, 6.07) is 12.8. The highest BCUT2D eigenvalue weighted by molar-refractivity contribution is 5.94. The molecule has 1 fully saturated rings. The molecule has 22 heavy (non-hydrogen) atoms. The smallest absolute Gasteiger partial charge is 0.255 e. The average Bonchev–Trinajstić information content (AvgIpc) is 2.55. The van der Waals surface area contributed by atoms with Crippen molar-refractivity contribution in [2.24, 2.45) is 0 Å². The summed E-state index contributed by atoms with van der Waals surface area (Å²) in [7, 11) is 0. The van der Waals surface area contributed by atoms with E-state index < -0.39 is 0 Å². The number of aromatic nitrogens is 1. The molecule has 1 N–H and O–H groups in total. The summed E-state index contributed by atoms with van der Waals surface area (Å²) >= 11 is 0. The zero-order chi connectivity index (χ0) is 15.5. The number of benzene rings is 1. The van der Waals surface area contributed by atoms with Crippen LogP contribution in [0.5, 0.6) is 0 Å². The molecule has 0 spiro atoms. The summed E-state index contributed by atoms with van der Waals surface area (Å²) in [6.07, 6.45) is 1.30. The van der Waals surface area contributed by atoms with Crippen molar-refractivity contribution in [1.82, 2.24) is 9.88 Å². The molecule has 2 aromatic rings. The molecular formula is C17H18N2O3. The fraction of sp³-hybridized carbons (Fsp3) is 0.294. The van der Waals surface area contributed by atoms with Crippen LogP contribution < -0.4 is 5.56 Å². The fourth-order valence-corrected chi connectivity index (χ4v) is 2.70. The molecule has 5 nitrogen and oxygen atoms in total. The van der Waals surface area contributed by atoms with Gasteiger partial charge in [0.05, 0.1) is 18.2 Å². The lowest BCUT2D eigenvalue weighted by Gasteiger charge is -2.37. The first kappa shape index (κ1) is 14.5. The first-order chi connectivity index (χ1) is 10.6. The normalized spacial score (nSPS) is 21.6. The van der Waals surface area contributed by atoms with Crippen molar-refractivity contribution in [3.8, 4) is 0 Å². The van der Waals surface area contributed by atoms with Crippen molar-refractivity contribution in [2.45, 2.75) is 19.1 Å². The van der Waals surface area contributed by atoms with Crippen LogP contribution in [0.25, 0.3) is 0 Å². The highest BCUT2D eigenvalue weighted by atomic mass is 16.5. The predicted molar refractivity (Wildman–Crippen MR) is 82.7 cm³/mol. The summed E-state index contributed by atoms with van der Waals surface area (Å²) in [6.45, 7) is 3.01. The van der Waals surface area contributed by atoms with E-state index in [-0.39, 0.29) is 23.7 Å². The number of aromatic amines is 1. The van der Waals surface area contributed by atoms with E-state index >= 15 is 0 Å². The Morgan fingerprint density at radius 1 is 1.18 bits per heavy atom. The number of hydrogen-bond acceptors (Lipinski definition) is 3. The van der Waals surface area contributed by atoms with Crippen LogP contribution in [-0.2, 0) is 4.74 Å². The number of rotatable bonds is 2. The van der Waals surface area contributed by atoms with E-state index in [9.17, 15) is 9.59 Å². The number of H-pyrrole nitrogens is 1. The number of morpholine rings is 1.